The molecular formula is C14H27N3O. The Labute approximate surface area is 110 Å². The van der Waals surface area contributed by atoms with Crippen LogP contribution < -0.4 is 10.6 Å². The molecular weight excluding hydrogens is 226 g/mol. The molecule has 2 aliphatic heterocycles. The maximum atomic E-state index is 12.1. The van der Waals surface area contributed by atoms with Crippen molar-refractivity contribution in [2.45, 2.75) is 39.0 Å². The summed E-state index contributed by atoms with van der Waals surface area (Å²) < 4.78 is 0. The van der Waals surface area contributed by atoms with Gasteiger partial charge in [0.05, 0.1) is 0 Å². The van der Waals surface area contributed by atoms with E-state index in [9.17, 15) is 4.79 Å². The quantitative estimate of drug-likeness (QED) is 0.788. The molecule has 0 aromatic carbocycles. The van der Waals surface area contributed by atoms with Crippen molar-refractivity contribution in [3.63, 3.8) is 0 Å². The third-order valence-corrected chi connectivity index (χ3v) is 4.40. The zero-order valence-corrected chi connectivity index (χ0v) is 11.6. The fraction of sp³-hybridized carbons (Fsp3) is 0.929. The molecule has 0 radical (unpaired) electrons. The average Bonchev–Trinajstić information content (AvgIpc) is 2.66. The molecule has 2 fully saturated rings. The van der Waals surface area contributed by atoms with Gasteiger partial charge in [0.1, 0.15) is 0 Å². The molecule has 4 heteroatoms. The first kappa shape index (κ1) is 13.7. The van der Waals surface area contributed by atoms with Gasteiger partial charge >= 0.3 is 6.03 Å². The van der Waals surface area contributed by atoms with Crippen LogP contribution in [0.15, 0.2) is 0 Å². The van der Waals surface area contributed by atoms with Gasteiger partial charge in [-0.15, -0.1) is 0 Å². The minimum atomic E-state index is 0.148. The number of carbonyl (C=O) groups is 1. The Morgan fingerprint density at radius 1 is 1.28 bits per heavy atom. The van der Waals surface area contributed by atoms with Crippen LogP contribution in [0.2, 0.25) is 0 Å². The number of piperidine rings is 1. The van der Waals surface area contributed by atoms with Gasteiger partial charge in [-0.05, 0) is 44.2 Å². The molecule has 2 N–H and O–H groups in total. The first-order valence-corrected chi connectivity index (χ1v) is 7.51. The van der Waals surface area contributed by atoms with Crippen LogP contribution in [0.25, 0.3) is 0 Å². The Balaban J connectivity index is 1.72. The molecule has 2 saturated heterocycles. The molecule has 0 aromatic rings. The molecule has 0 saturated carbocycles. The van der Waals surface area contributed by atoms with Gasteiger partial charge in [-0.2, -0.15) is 0 Å². The highest BCUT2D eigenvalue weighted by atomic mass is 16.2. The van der Waals surface area contributed by atoms with E-state index in [-0.39, 0.29) is 6.03 Å². The van der Waals surface area contributed by atoms with E-state index in [1.165, 1.54) is 19.3 Å². The number of hydrogen-bond donors (Lipinski definition) is 2. The van der Waals surface area contributed by atoms with E-state index in [0.29, 0.717) is 5.92 Å². The third kappa shape index (κ3) is 3.87. The summed E-state index contributed by atoms with van der Waals surface area (Å²) in [6.45, 7) is 7.15. The monoisotopic (exact) mass is 253 g/mol. The number of urea groups is 1. The first-order chi connectivity index (χ1) is 8.77. The Hall–Kier alpha value is -0.770. The Morgan fingerprint density at radius 3 is 2.67 bits per heavy atom. The third-order valence-electron chi connectivity index (χ3n) is 4.40. The molecule has 2 rings (SSSR count). The van der Waals surface area contributed by atoms with Gasteiger partial charge in [-0.3, -0.25) is 0 Å². The van der Waals surface area contributed by atoms with Gasteiger partial charge < -0.3 is 15.5 Å². The van der Waals surface area contributed by atoms with Gasteiger partial charge in [0.2, 0.25) is 0 Å². The lowest BCUT2D eigenvalue weighted by atomic mass is 9.88. The Morgan fingerprint density at radius 2 is 2.00 bits per heavy atom. The fourth-order valence-electron chi connectivity index (χ4n) is 2.93. The van der Waals surface area contributed by atoms with Crippen LogP contribution in [0.5, 0.6) is 0 Å². The van der Waals surface area contributed by atoms with Crippen LogP contribution in [-0.4, -0.2) is 43.7 Å². The normalized spacial score (nSPS) is 29.7. The lowest BCUT2D eigenvalue weighted by Gasteiger charge is -2.30. The largest absolute Gasteiger partial charge is 0.338 e. The summed E-state index contributed by atoms with van der Waals surface area (Å²) in [5, 5.41) is 6.54. The summed E-state index contributed by atoms with van der Waals surface area (Å²) >= 11 is 0. The topological polar surface area (TPSA) is 44.4 Å². The van der Waals surface area contributed by atoms with Crippen molar-refractivity contribution in [2.75, 3.05) is 32.7 Å². The molecule has 0 bridgehead atoms. The molecule has 2 atom stereocenters. The number of hydrogen-bond acceptors (Lipinski definition) is 2. The van der Waals surface area contributed by atoms with Crippen molar-refractivity contribution in [3.05, 3.63) is 0 Å². The number of nitrogens with one attached hydrogen (secondary N) is 2. The lowest BCUT2D eigenvalue weighted by molar-refractivity contribution is 0.192. The van der Waals surface area contributed by atoms with E-state index in [1.54, 1.807) is 0 Å². The van der Waals surface area contributed by atoms with Crippen LogP contribution in [-0.2, 0) is 0 Å². The molecule has 2 amide bonds. The number of nitrogens with zero attached hydrogens (tertiary/aromatic N) is 1. The molecule has 0 aromatic heterocycles. The van der Waals surface area contributed by atoms with Crippen LogP contribution >= 0.6 is 0 Å². The van der Waals surface area contributed by atoms with E-state index in [2.05, 4.69) is 17.6 Å². The molecule has 18 heavy (non-hydrogen) atoms. The smallest absolute Gasteiger partial charge is 0.317 e. The van der Waals surface area contributed by atoms with Gasteiger partial charge in [-0.1, -0.05) is 19.8 Å². The molecule has 0 aliphatic carbocycles. The number of likely N-dealkylation sites (tertiary alicyclic amines) is 1. The van der Waals surface area contributed by atoms with Crippen LogP contribution in [0, 0.1) is 11.8 Å². The van der Waals surface area contributed by atoms with E-state index in [4.69, 9.17) is 0 Å². The van der Waals surface area contributed by atoms with E-state index in [0.717, 1.165) is 51.5 Å². The first-order valence-electron chi connectivity index (χ1n) is 7.51. The summed E-state index contributed by atoms with van der Waals surface area (Å²) in [5.74, 6) is 1.31. The molecule has 0 spiro atoms. The lowest BCUT2D eigenvalue weighted by Crippen LogP contribution is -2.46. The molecule has 104 valence electrons. The van der Waals surface area contributed by atoms with Crippen molar-refractivity contribution in [1.29, 1.82) is 0 Å². The van der Waals surface area contributed by atoms with Gasteiger partial charge in [-0.25, -0.2) is 4.79 Å². The highest BCUT2D eigenvalue weighted by molar-refractivity contribution is 5.74. The SMILES string of the molecule is CC1CCNCC1CNC(=O)N1CCCCCC1. The highest BCUT2D eigenvalue weighted by Gasteiger charge is 2.22. The zero-order valence-electron chi connectivity index (χ0n) is 11.6. The average molecular weight is 253 g/mol. The van der Waals surface area contributed by atoms with Gasteiger partial charge in [0.25, 0.3) is 0 Å². The molecule has 4 nitrogen and oxygen atoms in total. The van der Waals surface area contributed by atoms with Crippen molar-refractivity contribution in [2.24, 2.45) is 11.8 Å². The summed E-state index contributed by atoms with van der Waals surface area (Å²) in [4.78, 5) is 14.1. The molecule has 2 aliphatic rings. The van der Waals surface area contributed by atoms with E-state index >= 15 is 0 Å². The van der Waals surface area contributed by atoms with Crippen LogP contribution in [0.4, 0.5) is 4.79 Å². The number of rotatable bonds is 2. The number of carbonyl (C=O) groups excluding carboxylic acids is 1. The fourth-order valence-corrected chi connectivity index (χ4v) is 2.93. The van der Waals surface area contributed by atoms with E-state index in [1.807, 2.05) is 4.90 Å². The maximum absolute atomic E-state index is 12.1. The maximum Gasteiger partial charge on any atom is 0.317 e. The van der Waals surface area contributed by atoms with Crippen molar-refractivity contribution in [1.82, 2.24) is 15.5 Å². The Kier molecular flexibility index (Phi) is 5.29. The number of amides is 2. The minimum Gasteiger partial charge on any atom is -0.338 e. The summed E-state index contributed by atoms with van der Waals surface area (Å²) in [7, 11) is 0. The minimum absolute atomic E-state index is 0.148. The standard InChI is InChI=1S/C14H27N3O/c1-12-6-7-15-10-13(12)11-16-14(18)17-8-4-2-3-5-9-17/h12-13,15H,2-11H2,1H3,(H,16,18). The van der Waals surface area contributed by atoms with Crippen molar-refractivity contribution < 1.29 is 4.79 Å². The van der Waals surface area contributed by atoms with Crippen LogP contribution in [0.3, 0.4) is 0 Å². The second kappa shape index (κ2) is 6.98. The second-order valence-corrected chi connectivity index (χ2v) is 5.82. The Bertz CT molecular complexity index is 262. The van der Waals surface area contributed by atoms with E-state index < -0.39 is 0 Å². The predicted octanol–water partition coefficient (Wildman–Crippen LogP) is 1.82. The highest BCUT2D eigenvalue weighted by Crippen LogP contribution is 2.17. The van der Waals surface area contributed by atoms with Crippen molar-refractivity contribution in [3.8, 4) is 0 Å². The summed E-state index contributed by atoms with van der Waals surface area (Å²) in [5.41, 5.74) is 0. The van der Waals surface area contributed by atoms with Crippen LogP contribution in [0.1, 0.15) is 39.0 Å². The second-order valence-electron chi connectivity index (χ2n) is 5.82. The predicted molar refractivity (Wildman–Crippen MR) is 73.6 cm³/mol. The molecule has 2 heterocycles. The van der Waals surface area contributed by atoms with Gasteiger partial charge in [0, 0.05) is 19.6 Å². The zero-order chi connectivity index (χ0) is 12.8. The van der Waals surface area contributed by atoms with Gasteiger partial charge in [0.15, 0.2) is 0 Å². The van der Waals surface area contributed by atoms with Crippen molar-refractivity contribution >= 4 is 6.03 Å². The summed E-state index contributed by atoms with van der Waals surface area (Å²) in [6, 6.07) is 0.148. The molecule has 2 unspecified atom stereocenters. The summed E-state index contributed by atoms with van der Waals surface area (Å²) in [6.07, 6.45) is 6.09.